The maximum absolute atomic E-state index is 13.3. The van der Waals surface area contributed by atoms with Crippen LogP contribution in [0.5, 0.6) is 0 Å². The van der Waals surface area contributed by atoms with Gasteiger partial charge in [-0.1, -0.05) is 221 Å². The summed E-state index contributed by atoms with van der Waals surface area (Å²) >= 11 is 0. The highest BCUT2D eigenvalue weighted by atomic mass is 16.7. The summed E-state index contributed by atoms with van der Waals surface area (Å²) in [5.74, 6) is -1.27. The highest BCUT2D eigenvalue weighted by Crippen LogP contribution is 2.26. The van der Waals surface area contributed by atoms with Crippen LogP contribution in [0.1, 0.15) is 201 Å². The number of carbonyl (C=O) groups excluding carboxylic acids is 2. The van der Waals surface area contributed by atoms with Crippen LogP contribution in [-0.4, -0.2) is 99.6 Å². The van der Waals surface area contributed by atoms with E-state index in [0.29, 0.717) is 12.8 Å². The van der Waals surface area contributed by atoms with Gasteiger partial charge in [-0.25, -0.2) is 0 Å². The first-order valence-corrected chi connectivity index (χ1v) is 27.6. The minimum absolute atomic E-state index is 0.0927. The number of aliphatic hydroxyl groups excluding tert-OH is 5. The van der Waals surface area contributed by atoms with Crippen molar-refractivity contribution in [3.05, 3.63) is 97.2 Å². The van der Waals surface area contributed by atoms with Crippen molar-refractivity contribution in [1.29, 1.82) is 0 Å². The van der Waals surface area contributed by atoms with Crippen LogP contribution in [0, 0.1) is 0 Å². The molecule has 70 heavy (non-hydrogen) atoms. The molecule has 0 aromatic heterocycles. The third-order valence-electron chi connectivity index (χ3n) is 12.4. The Morgan fingerprint density at radius 2 is 1.04 bits per heavy atom. The number of ether oxygens (including phenoxy) is 3. The minimum Gasteiger partial charge on any atom is -0.454 e. The van der Waals surface area contributed by atoms with Crippen molar-refractivity contribution >= 4 is 11.9 Å². The number of rotatable bonds is 44. The molecule has 1 aliphatic heterocycles. The van der Waals surface area contributed by atoms with E-state index in [1.807, 2.05) is 72.9 Å². The zero-order valence-electron chi connectivity index (χ0n) is 43.8. The van der Waals surface area contributed by atoms with E-state index in [4.69, 9.17) is 14.2 Å². The van der Waals surface area contributed by atoms with Crippen molar-refractivity contribution in [2.45, 2.75) is 250 Å². The summed E-state index contributed by atoms with van der Waals surface area (Å²) in [5, 5.41) is 56.6. The van der Waals surface area contributed by atoms with Crippen LogP contribution in [0.4, 0.5) is 0 Å². The van der Waals surface area contributed by atoms with Crippen molar-refractivity contribution < 1.29 is 49.3 Å². The zero-order valence-corrected chi connectivity index (χ0v) is 43.8. The van der Waals surface area contributed by atoms with Gasteiger partial charge in [0.1, 0.15) is 24.4 Å². The Morgan fingerprint density at radius 1 is 0.571 bits per heavy atom. The Hall–Kier alpha value is -3.42. The quantitative estimate of drug-likeness (QED) is 0.0149. The molecular formula is C59H99NO10. The van der Waals surface area contributed by atoms with Crippen molar-refractivity contribution in [2.24, 2.45) is 0 Å². The van der Waals surface area contributed by atoms with Crippen LogP contribution in [0.3, 0.4) is 0 Å². The van der Waals surface area contributed by atoms with Crippen molar-refractivity contribution in [3.63, 3.8) is 0 Å². The molecule has 0 saturated carbocycles. The summed E-state index contributed by atoms with van der Waals surface area (Å²) in [5.41, 5.74) is 0. The molecule has 1 rings (SSSR count). The van der Waals surface area contributed by atoms with Crippen LogP contribution < -0.4 is 5.32 Å². The number of nitrogens with one attached hydrogen (secondary N) is 1. The van der Waals surface area contributed by atoms with Gasteiger partial charge in [0.2, 0.25) is 5.91 Å². The smallest absolute Gasteiger partial charge is 0.306 e. The van der Waals surface area contributed by atoms with Crippen LogP contribution in [0.15, 0.2) is 97.2 Å². The maximum atomic E-state index is 13.3. The van der Waals surface area contributed by atoms with Gasteiger partial charge in [0.05, 0.1) is 25.4 Å². The lowest BCUT2D eigenvalue weighted by Gasteiger charge is -2.41. The Labute approximate surface area is 425 Å². The maximum Gasteiger partial charge on any atom is 0.306 e. The van der Waals surface area contributed by atoms with Gasteiger partial charge < -0.3 is 45.1 Å². The molecule has 11 heteroatoms. The van der Waals surface area contributed by atoms with E-state index in [1.54, 1.807) is 6.08 Å². The van der Waals surface area contributed by atoms with Gasteiger partial charge in [0.25, 0.3) is 0 Å². The average Bonchev–Trinajstić information content (AvgIpc) is 3.36. The first kappa shape index (κ1) is 64.6. The van der Waals surface area contributed by atoms with Gasteiger partial charge in [0.15, 0.2) is 12.4 Å². The van der Waals surface area contributed by atoms with Gasteiger partial charge >= 0.3 is 5.97 Å². The summed E-state index contributed by atoms with van der Waals surface area (Å²) in [6.45, 7) is 5.56. The Balaban J connectivity index is 2.81. The molecule has 0 aliphatic carbocycles. The molecule has 1 fully saturated rings. The summed E-state index contributed by atoms with van der Waals surface area (Å²) in [6, 6.07) is -1.05. The molecule has 0 radical (unpaired) electrons. The topological polar surface area (TPSA) is 175 Å². The van der Waals surface area contributed by atoms with Crippen molar-refractivity contribution in [3.8, 4) is 0 Å². The third-order valence-corrected chi connectivity index (χ3v) is 12.4. The lowest BCUT2D eigenvalue weighted by molar-refractivity contribution is -0.305. The fourth-order valence-electron chi connectivity index (χ4n) is 7.97. The van der Waals surface area contributed by atoms with Gasteiger partial charge in [-0.2, -0.15) is 0 Å². The number of esters is 1. The molecule has 0 aromatic carbocycles. The lowest BCUT2D eigenvalue weighted by atomic mass is 9.99. The van der Waals surface area contributed by atoms with E-state index in [2.05, 4.69) is 44.3 Å². The summed E-state index contributed by atoms with van der Waals surface area (Å²) in [6.07, 6.45) is 50.2. The second kappa shape index (κ2) is 46.6. The highest BCUT2D eigenvalue weighted by Gasteiger charge is 2.47. The van der Waals surface area contributed by atoms with E-state index < -0.39 is 67.4 Å². The van der Waals surface area contributed by atoms with Crippen LogP contribution in [-0.2, 0) is 23.8 Å². The van der Waals surface area contributed by atoms with Gasteiger partial charge in [-0.05, 0) is 70.6 Å². The van der Waals surface area contributed by atoms with E-state index >= 15 is 0 Å². The normalized spacial score (nSPS) is 20.5. The first-order chi connectivity index (χ1) is 34.2. The van der Waals surface area contributed by atoms with E-state index in [9.17, 15) is 35.1 Å². The molecule has 6 N–H and O–H groups in total. The molecule has 400 valence electrons. The molecule has 0 spiro atoms. The average molecular weight is 982 g/mol. The Morgan fingerprint density at radius 3 is 1.59 bits per heavy atom. The number of amides is 1. The van der Waals surface area contributed by atoms with E-state index in [-0.39, 0.29) is 19.4 Å². The zero-order chi connectivity index (χ0) is 51.1. The molecule has 0 bridgehead atoms. The molecule has 11 nitrogen and oxygen atoms in total. The predicted molar refractivity (Wildman–Crippen MR) is 287 cm³/mol. The SMILES string of the molecule is CC\C=C/C=C/C=C/C=C\C=C\C=C\CCCCC(O)C(=O)NC(COC1OC(CO)C(O)C(O)C1OC(=O)CCCCC/C=C\CCCCCCCCC)C(O)/C=C/CCCCCCCCCCC. The highest BCUT2D eigenvalue weighted by molar-refractivity contribution is 5.80. The third kappa shape index (κ3) is 34.8. The summed E-state index contributed by atoms with van der Waals surface area (Å²) < 4.78 is 17.5. The number of allylic oxidation sites excluding steroid dienone is 15. The number of carbonyl (C=O) groups is 2. The molecule has 8 unspecified atom stereocenters. The van der Waals surface area contributed by atoms with Crippen LogP contribution in [0.25, 0.3) is 0 Å². The Bertz CT molecular complexity index is 1500. The lowest BCUT2D eigenvalue weighted by Crippen LogP contribution is -2.61. The number of aliphatic hydroxyl groups is 5. The molecule has 1 saturated heterocycles. The van der Waals surface area contributed by atoms with Crippen LogP contribution in [0.2, 0.25) is 0 Å². The number of hydrogen-bond acceptors (Lipinski definition) is 10. The van der Waals surface area contributed by atoms with E-state index in [0.717, 1.165) is 70.6 Å². The van der Waals surface area contributed by atoms with Gasteiger partial charge in [-0.15, -0.1) is 0 Å². The monoisotopic (exact) mass is 982 g/mol. The van der Waals surface area contributed by atoms with Gasteiger partial charge in [-0.3, -0.25) is 9.59 Å². The van der Waals surface area contributed by atoms with Gasteiger partial charge in [0, 0.05) is 6.42 Å². The summed E-state index contributed by atoms with van der Waals surface area (Å²) in [7, 11) is 0. The molecule has 1 heterocycles. The fraction of sp³-hybridized carbons (Fsp3) is 0.695. The number of unbranched alkanes of at least 4 members (excludes halogenated alkanes) is 21. The van der Waals surface area contributed by atoms with Crippen molar-refractivity contribution in [1.82, 2.24) is 5.32 Å². The second-order valence-corrected chi connectivity index (χ2v) is 18.7. The molecule has 1 amide bonds. The van der Waals surface area contributed by atoms with Crippen LogP contribution >= 0.6 is 0 Å². The summed E-state index contributed by atoms with van der Waals surface area (Å²) in [4.78, 5) is 26.4. The molecular weight excluding hydrogens is 883 g/mol. The minimum atomic E-state index is -1.63. The molecule has 0 aromatic rings. The largest absolute Gasteiger partial charge is 0.454 e. The molecule has 1 aliphatic rings. The van der Waals surface area contributed by atoms with E-state index in [1.165, 1.54) is 83.5 Å². The fourth-order valence-corrected chi connectivity index (χ4v) is 7.97. The Kier molecular flexibility index (Phi) is 43.0. The van der Waals surface area contributed by atoms with Crippen molar-refractivity contribution in [2.75, 3.05) is 13.2 Å². The number of hydrogen-bond donors (Lipinski definition) is 6. The second-order valence-electron chi connectivity index (χ2n) is 18.7. The predicted octanol–water partition coefficient (Wildman–Crippen LogP) is 12.0. The first-order valence-electron chi connectivity index (χ1n) is 27.6. The standard InChI is InChI=1S/C59H99NO10/c1-4-7-10-13-16-19-22-24-26-27-28-31-34-37-40-43-46-52(63)58(67)60-50(51(62)45-42-39-36-33-30-21-18-15-12-9-6-3)49-68-59-57(56(66)55(65)53(48-61)69-59)70-54(64)47-44-41-38-35-32-29-25-23-20-17-14-11-8-5-2/h7,10,13,16,19,22,24,26-29,31-32,34,42,45,50-53,55-57,59,61-63,65-66H,4-6,8-9,11-12,14-15,17-18,20-21,23,25,30,33,35-41,43-44,46-49H2,1-3H3,(H,60,67)/b10-7-,16-13+,22-19+,26-24-,28-27+,32-29-,34-31+,45-42+. The molecule has 8 atom stereocenters.